The van der Waals surface area contributed by atoms with Crippen LogP contribution in [0.4, 0.5) is 5.69 Å². The highest BCUT2D eigenvalue weighted by Crippen LogP contribution is 2.28. The van der Waals surface area contributed by atoms with E-state index in [1.807, 2.05) is 78.9 Å². The van der Waals surface area contributed by atoms with E-state index in [0.29, 0.717) is 35.8 Å². The third-order valence-corrected chi connectivity index (χ3v) is 4.69. The van der Waals surface area contributed by atoms with Crippen LogP contribution in [0.3, 0.4) is 0 Å². The number of para-hydroxylation sites is 1. The van der Waals surface area contributed by atoms with Crippen molar-refractivity contribution in [1.29, 1.82) is 0 Å². The number of carbonyl (C=O) groups excluding carboxylic acids is 1. The van der Waals surface area contributed by atoms with Gasteiger partial charge in [-0.25, -0.2) is 0 Å². The molecule has 6 heteroatoms. The van der Waals surface area contributed by atoms with Crippen LogP contribution in [0.1, 0.15) is 12.0 Å². The molecule has 0 fully saturated rings. The third kappa shape index (κ3) is 4.55. The number of methoxy groups -OCH3 is 1. The smallest absolute Gasteiger partial charge is 0.260 e. The molecule has 4 rings (SSSR count). The van der Waals surface area contributed by atoms with Crippen molar-refractivity contribution < 1.29 is 14.1 Å². The van der Waals surface area contributed by atoms with Crippen molar-refractivity contribution in [3.63, 3.8) is 0 Å². The van der Waals surface area contributed by atoms with E-state index in [4.69, 9.17) is 9.26 Å². The summed E-state index contributed by atoms with van der Waals surface area (Å²) in [6.07, 6.45) is 0.996. The monoisotopic (exact) mass is 399 g/mol. The number of hydrogen-bond donors (Lipinski definition) is 1. The van der Waals surface area contributed by atoms with Gasteiger partial charge in [-0.05, 0) is 36.2 Å². The first-order valence-electron chi connectivity index (χ1n) is 9.64. The minimum atomic E-state index is -0.0823. The molecule has 0 aliphatic heterocycles. The number of amides is 1. The molecular weight excluding hydrogens is 378 g/mol. The Morgan fingerprint density at radius 3 is 2.47 bits per heavy atom. The zero-order chi connectivity index (χ0) is 20.8. The molecule has 0 spiro atoms. The number of anilines is 1. The number of hydrogen-bond acceptors (Lipinski definition) is 5. The number of rotatable bonds is 7. The van der Waals surface area contributed by atoms with Gasteiger partial charge in [-0.2, -0.15) is 4.98 Å². The lowest BCUT2D eigenvalue weighted by molar-refractivity contribution is -0.116. The predicted octanol–water partition coefficient (Wildman–Crippen LogP) is 4.98. The Balaban J connectivity index is 1.45. The zero-order valence-electron chi connectivity index (χ0n) is 16.5. The van der Waals surface area contributed by atoms with E-state index in [-0.39, 0.29) is 5.91 Å². The van der Waals surface area contributed by atoms with Gasteiger partial charge < -0.3 is 14.6 Å². The highest BCUT2D eigenvalue weighted by Gasteiger charge is 2.15. The Hall–Kier alpha value is -3.93. The van der Waals surface area contributed by atoms with Gasteiger partial charge in [0.05, 0.1) is 18.4 Å². The molecule has 1 amide bonds. The molecule has 1 heterocycles. The lowest BCUT2D eigenvalue weighted by Crippen LogP contribution is -2.13. The van der Waals surface area contributed by atoms with Crippen molar-refractivity contribution in [2.75, 3.05) is 12.4 Å². The first kappa shape index (κ1) is 19.4. The van der Waals surface area contributed by atoms with E-state index < -0.39 is 0 Å². The molecule has 150 valence electrons. The maximum atomic E-state index is 12.5. The van der Waals surface area contributed by atoms with Gasteiger partial charge >= 0.3 is 0 Å². The van der Waals surface area contributed by atoms with Crippen molar-refractivity contribution in [2.45, 2.75) is 12.8 Å². The average molecular weight is 399 g/mol. The second kappa shape index (κ2) is 9.05. The van der Waals surface area contributed by atoms with E-state index in [0.717, 1.165) is 16.9 Å². The second-order valence-corrected chi connectivity index (χ2v) is 6.73. The quantitative estimate of drug-likeness (QED) is 0.474. The van der Waals surface area contributed by atoms with Crippen LogP contribution >= 0.6 is 0 Å². The molecule has 0 bridgehead atoms. The largest absolute Gasteiger partial charge is 0.497 e. The zero-order valence-corrected chi connectivity index (χ0v) is 16.5. The topological polar surface area (TPSA) is 77.2 Å². The highest BCUT2D eigenvalue weighted by atomic mass is 16.5. The summed E-state index contributed by atoms with van der Waals surface area (Å²) in [4.78, 5) is 17.0. The summed E-state index contributed by atoms with van der Waals surface area (Å²) in [6, 6.07) is 24.7. The van der Waals surface area contributed by atoms with Crippen LogP contribution in [-0.4, -0.2) is 23.2 Å². The van der Waals surface area contributed by atoms with Gasteiger partial charge in [-0.1, -0.05) is 59.8 Å². The predicted molar refractivity (Wildman–Crippen MR) is 115 cm³/mol. The number of benzene rings is 3. The van der Waals surface area contributed by atoms with E-state index in [9.17, 15) is 4.79 Å². The molecule has 0 saturated carbocycles. The van der Waals surface area contributed by atoms with Crippen LogP contribution in [0, 0.1) is 0 Å². The number of nitrogens with zero attached hydrogens (tertiary/aromatic N) is 2. The maximum absolute atomic E-state index is 12.5. The van der Waals surface area contributed by atoms with Gasteiger partial charge in [0.2, 0.25) is 11.7 Å². The minimum Gasteiger partial charge on any atom is -0.497 e. The van der Waals surface area contributed by atoms with Crippen LogP contribution in [-0.2, 0) is 11.2 Å². The lowest BCUT2D eigenvalue weighted by atomic mass is 10.1. The normalized spacial score (nSPS) is 10.6. The highest BCUT2D eigenvalue weighted by molar-refractivity contribution is 5.94. The van der Waals surface area contributed by atoms with Crippen LogP contribution < -0.4 is 10.1 Å². The number of aromatic nitrogens is 2. The molecule has 0 atom stereocenters. The van der Waals surface area contributed by atoms with Gasteiger partial charge in [0.1, 0.15) is 5.75 Å². The SMILES string of the molecule is COc1ccc(CCC(=O)Nc2ccccc2-c2nc(-c3ccccc3)no2)cc1. The maximum Gasteiger partial charge on any atom is 0.260 e. The molecular formula is C24H21N3O3. The molecule has 1 aromatic heterocycles. The summed E-state index contributed by atoms with van der Waals surface area (Å²) in [7, 11) is 1.63. The summed E-state index contributed by atoms with van der Waals surface area (Å²) >= 11 is 0. The molecule has 4 aromatic rings. The molecule has 0 saturated heterocycles. The summed E-state index contributed by atoms with van der Waals surface area (Å²) < 4.78 is 10.6. The first-order chi connectivity index (χ1) is 14.7. The third-order valence-electron chi connectivity index (χ3n) is 4.69. The van der Waals surface area contributed by atoms with E-state index in [1.54, 1.807) is 7.11 Å². The summed E-state index contributed by atoms with van der Waals surface area (Å²) in [5.41, 5.74) is 3.27. The molecule has 0 radical (unpaired) electrons. The van der Waals surface area contributed by atoms with Gasteiger partial charge in [0, 0.05) is 12.0 Å². The Labute approximate surface area is 174 Å². The van der Waals surface area contributed by atoms with Crippen molar-refractivity contribution in [3.05, 3.63) is 84.4 Å². The minimum absolute atomic E-state index is 0.0823. The van der Waals surface area contributed by atoms with Crippen LogP contribution in [0.2, 0.25) is 0 Å². The Kier molecular flexibility index (Phi) is 5.85. The first-order valence-corrected chi connectivity index (χ1v) is 9.64. The fourth-order valence-corrected chi connectivity index (χ4v) is 3.08. The average Bonchev–Trinajstić information content (AvgIpc) is 3.29. The van der Waals surface area contributed by atoms with E-state index >= 15 is 0 Å². The van der Waals surface area contributed by atoms with Gasteiger partial charge in [0.15, 0.2) is 0 Å². The molecule has 30 heavy (non-hydrogen) atoms. The van der Waals surface area contributed by atoms with Gasteiger partial charge in [0.25, 0.3) is 5.89 Å². The second-order valence-electron chi connectivity index (χ2n) is 6.73. The Morgan fingerprint density at radius 2 is 1.70 bits per heavy atom. The standard InChI is InChI=1S/C24H21N3O3/c1-29-19-14-11-17(12-15-19)13-16-22(28)25-21-10-6-5-9-20(21)24-26-23(27-30-24)18-7-3-2-4-8-18/h2-12,14-15H,13,16H2,1H3,(H,25,28). The van der Waals surface area contributed by atoms with Crippen LogP contribution in [0.25, 0.3) is 22.8 Å². The van der Waals surface area contributed by atoms with Crippen molar-refractivity contribution in [3.8, 4) is 28.6 Å². The summed E-state index contributed by atoms with van der Waals surface area (Å²) in [6.45, 7) is 0. The number of nitrogens with one attached hydrogen (secondary N) is 1. The lowest BCUT2D eigenvalue weighted by Gasteiger charge is -2.09. The van der Waals surface area contributed by atoms with Gasteiger partial charge in [-0.3, -0.25) is 4.79 Å². The molecule has 0 unspecified atom stereocenters. The van der Waals surface area contributed by atoms with E-state index in [1.165, 1.54) is 0 Å². The van der Waals surface area contributed by atoms with Crippen LogP contribution in [0.15, 0.2) is 83.4 Å². The van der Waals surface area contributed by atoms with Crippen molar-refractivity contribution in [2.24, 2.45) is 0 Å². The molecule has 3 aromatic carbocycles. The van der Waals surface area contributed by atoms with Crippen molar-refractivity contribution >= 4 is 11.6 Å². The van der Waals surface area contributed by atoms with Crippen molar-refractivity contribution in [1.82, 2.24) is 10.1 Å². The fraction of sp³-hybridized carbons (Fsp3) is 0.125. The van der Waals surface area contributed by atoms with Gasteiger partial charge in [-0.15, -0.1) is 0 Å². The summed E-state index contributed by atoms with van der Waals surface area (Å²) in [5, 5.41) is 7.02. The van der Waals surface area contributed by atoms with E-state index in [2.05, 4.69) is 15.5 Å². The Morgan fingerprint density at radius 1 is 0.967 bits per heavy atom. The molecule has 1 N–H and O–H groups in total. The molecule has 6 nitrogen and oxygen atoms in total. The number of aryl methyl sites for hydroxylation is 1. The Bertz CT molecular complexity index is 1120. The molecule has 0 aliphatic rings. The molecule has 0 aliphatic carbocycles. The van der Waals surface area contributed by atoms with Crippen LogP contribution in [0.5, 0.6) is 5.75 Å². The number of carbonyl (C=O) groups is 1. The fourth-order valence-electron chi connectivity index (χ4n) is 3.08. The summed E-state index contributed by atoms with van der Waals surface area (Å²) in [5.74, 6) is 1.58. The number of ether oxygens (including phenoxy) is 1.